The zero-order chi connectivity index (χ0) is 27.0. The number of amides is 1. The number of nitrogens with zero attached hydrogens (tertiary/aromatic N) is 4. The van der Waals surface area contributed by atoms with Gasteiger partial charge in [-0.1, -0.05) is 11.6 Å². The van der Waals surface area contributed by atoms with Crippen molar-refractivity contribution in [2.75, 3.05) is 19.7 Å². The van der Waals surface area contributed by atoms with E-state index < -0.39 is 46.8 Å². The van der Waals surface area contributed by atoms with E-state index >= 15 is 0 Å². The van der Waals surface area contributed by atoms with E-state index in [2.05, 4.69) is 4.98 Å². The summed E-state index contributed by atoms with van der Waals surface area (Å²) in [5, 5.41) is 11.8. The SMILES string of the molecule is CC(C)(C)OC(=O)n1c(CN2C(=O)CN(S(=O)(=O)/C=C/c3ccc(Cl)s3)CC2CO)cc2cnccc21. The van der Waals surface area contributed by atoms with Crippen molar-refractivity contribution in [1.29, 1.82) is 0 Å². The standard InChI is InChI=1S/C24H27ClN4O6S2/c1-24(2,3)35-23(32)29-17(10-16-11-26-8-6-20(16)29)13-28-18(15-30)12-27(14-22(28)31)37(33,34)9-7-19-4-5-21(25)36-19/h4-11,18,30H,12-15H2,1-3H3/b9-7+. The van der Waals surface area contributed by atoms with E-state index in [0.717, 1.165) is 9.71 Å². The van der Waals surface area contributed by atoms with Crippen LogP contribution in [0.1, 0.15) is 31.3 Å². The molecule has 198 valence electrons. The first-order chi connectivity index (χ1) is 17.4. The van der Waals surface area contributed by atoms with Crippen molar-refractivity contribution >= 4 is 61.9 Å². The van der Waals surface area contributed by atoms with Gasteiger partial charge in [-0.15, -0.1) is 11.3 Å². The van der Waals surface area contributed by atoms with Crippen molar-refractivity contribution in [2.45, 2.75) is 39.0 Å². The highest BCUT2D eigenvalue weighted by Crippen LogP contribution is 2.26. The van der Waals surface area contributed by atoms with Crippen LogP contribution in [0.2, 0.25) is 4.34 Å². The second-order valence-corrected chi connectivity index (χ2v) is 13.1. The van der Waals surface area contributed by atoms with Gasteiger partial charge in [0.2, 0.25) is 15.9 Å². The minimum atomic E-state index is -3.94. The van der Waals surface area contributed by atoms with Gasteiger partial charge in [-0.25, -0.2) is 17.8 Å². The first-order valence-corrected chi connectivity index (χ1v) is 14.1. The van der Waals surface area contributed by atoms with Crippen LogP contribution in [0.3, 0.4) is 0 Å². The third kappa shape index (κ3) is 6.21. The van der Waals surface area contributed by atoms with Gasteiger partial charge in [0.25, 0.3) is 0 Å². The van der Waals surface area contributed by atoms with E-state index in [1.807, 2.05) is 0 Å². The zero-order valence-corrected chi connectivity index (χ0v) is 22.9. The molecule has 0 radical (unpaired) electrons. The smallest absolute Gasteiger partial charge is 0.419 e. The molecule has 10 nitrogen and oxygen atoms in total. The molecule has 0 saturated carbocycles. The molecule has 0 bridgehead atoms. The topological polar surface area (TPSA) is 122 Å². The number of rotatable bonds is 6. The third-order valence-electron chi connectivity index (χ3n) is 5.64. The Morgan fingerprint density at radius 1 is 1.32 bits per heavy atom. The Bertz CT molecular complexity index is 1460. The molecule has 1 aliphatic rings. The number of ether oxygens (including phenoxy) is 1. The first-order valence-electron chi connectivity index (χ1n) is 11.4. The second kappa shape index (κ2) is 10.5. The van der Waals surface area contributed by atoms with E-state index in [0.29, 0.717) is 25.8 Å². The highest BCUT2D eigenvalue weighted by atomic mass is 35.5. The maximum Gasteiger partial charge on any atom is 0.419 e. The molecule has 0 aromatic carbocycles. The molecule has 1 amide bonds. The number of hydrogen-bond donors (Lipinski definition) is 1. The molecule has 3 aromatic rings. The Morgan fingerprint density at radius 2 is 2.08 bits per heavy atom. The van der Waals surface area contributed by atoms with Crippen LogP contribution in [0.5, 0.6) is 0 Å². The van der Waals surface area contributed by atoms with Crippen molar-refractivity contribution in [3.63, 3.8) is 0 Å². The summed E-state index contributed by atoms with van der Waals surface area (Å²) in [5.74, 6) is -0.499. The number of halogens is 1. The maximum absolute atomic E-state index is 13.2. The number of sulfonamides is 1. The van der Waals surface area contributed by atoms with Gasteiger partial charge in [0.15, 0.2) is 0 Å². The molecule has 1 saturated heterocycles. The largest absolute Gasteiger partial charge is 0.443 e. The van der Waals surface area contributed by atoms with Gasteiger partial charge in [-0.05, 0) is 51.1 Å². The Kier molecular flexibility index (Phi) is 7.77. The lowest BCUT2D eigenvalue weighted by atomic mass is 10.2. The average Bonchev–Trinajstić information content (AvgIpc) is 3.40. The molecule has 4 rings (SSSR count). The average molecular weight is 567 g/mol. The van der Waals surface area contributed by atoms with Crippen LogP contribution in [0, 0.1) is 0 Å². The Hall–Kier alpha value is -2.77. The molecule has 1 N–H and O–H groups in total. The summed E-state index contributed by atoms with van der Waals surface area (Å²) in [4.78, 5) is 32.4. The summed E-state index contributed by atoms with van der Waals surface area (Å²) < 4.78 is 34.3. The molecule has 1 aliphatic heterocycles. The molecule has 1 unspecified atom stereocenters. The summed E-state index contributed by atoms with van der Waals surface area (Å²) in [6.45, 7) is 4.27. The fourth-order valence-corrected chi connectivity index (χ4v) is 6.21. The molecule has 37 heavy (non-hydrogen) atoms. The van der Waals surface area contributed by atoms with Crippen molar-refractivity contribution in [3.8, 4) is 0 Å². The van der Waals surface area contributed by atoms with Crippen LogP contribution < -0.4 is 0 Å². The van der Waals surface area contributed by atoms with E-state index in [1.165, 1.54) is 26.9 Å². The number of piperazine rings is 1. The number of aliphatic hydroxyl groups is 1. The number of carbonyl (C=O) groups excluding carboxylic acids is 2. The minimum absolute atomic E-state index is 0.0323. The van der Waals surface area contributed by atoms with Crippen LogP contribution in [-0.2, 0) is 26.1 Å². The number of fused-ring (bicyclic) bond motifs is 1. The Morgan fingerprint density at radius 3 is 2.73 bits per heavy atom. The molecule has 4 heterocycles. The monoisotopic (exact) mass is 566 g/mol. The third-order valence-corrected chi connectivity index (χ3v) is 8.32. The lowest BCUT2D eigenvalue weighted by Crippen LogP contribution is -2.58. The minimum Gasteiger partial charge on any atom is -0.443 e. The molecular weight excluding hydrogens is 540 g/mol. The molecular formula is C24H27ClN4O6S2. The van der Waals surface area contributed by atoms with E-state index in [4.69, 9.17) is 16.3 Å². The first kappa shape index (κ1) is 27.3. The van der Waals surface area contributed by atoms with Gasteiger partial charge in [0.1, 0.15) is 5.60 Å². The van der Waals surface area contributed by atoms with Crippen LogP contribution in [0.25, 0.3) is 17.0 Å². The predicted octanol–water partition coefficient (Wildman–Crippen LogP) is 3.54. The predicted molar refractivity (Wildman–Crippen MR) is 142 cm³/mol. The van der Waals surface area contributed by atoms with Crippen molar-refractivity contribution in [3.05, 3.63) is 57.0 Å². The summed E-state index contributed by atoms with van der Waals surface area (Å²) in [6.07, 6.45) is 3.96. The summed E-state index contributed by atoms with van der Waals surface area (Å²) in [7, 11) is -3.94. The van der Waals surface area contributed by atoms with Crippen LogP contribution in [0.15, 0.2) is 42.1 Å². The van der Waals surface area contributed by atoms with E-state index in [-0.39, 0.29) is 13.1 Å². The van der Waals surface area contributed by atoms with Crippen LogP contribution in [0.4, 0.5) is 4.79 Å². The number of pyridine rings is 1. The van der Waals surface area contributed by atoms with Gasteiger partial charge in [-0.3, -0.25) is 9.78 Å². The van der Waals surface area contributed by atoms with Crippen molar-refractivity contribution < 1.29 is 27.9 Å². The molecule has 1 atom stereocenters. The fourth-order valence-electron chi connectivity index (χ4n) is 3.99. The summed E-state index contributed by atoms with van der Waals surface area (Å²) in [6, 6.07) is 5.94. The van der Waals surface area contributed by atoms with Gasteiger partial charge in [-0.2, -0.15) is 4.31 Å². The van der Waals surface area contributed by atoms with Gasteiger partial charge >= 0.3 is 6.09 Å². The van der Waals surface area contributed by atoms with Gasteiger partial charge in [0, 0.05) is 40.3 Å². The number of carbonyl (C=O) groups is 2. The van der Waals surface area contributed by atoms with Gasteiger partial charge in [0.05, 0.1) is 35.6 Å². The number of aliphatic hydroxyl groups excluding tert-OH is 1. The van der Waals surface area contributed by atoms with E-state index in [9.17, 15) is 23.1 Å². The van der Waals surface area contributed by atoms with Crippen LogP contribution in [-0.4, -0.2) is 75.6 Å². The summed E-state index contributed by atoms with van der Waals surface area (Å²) in [5.41, 5.74) is 0.269. The Labute approximate surface area is 223 Å². The lowest BCUT2D eigenvalue weighted by molar-refractivity contribution is -0.139. The fraction of sp³-hybridized carbons (Fsp3) is 0.375. The maximum atomic E-state index is 13.2. The summed E-state index contributed by atoms with van der Waals surface area (Å²) >= 11 is 7.13. The van der Waals surface area contributed by atoms with E-state index in [1.54, 1.807) is 57.4 Å². The molecule has 3 aromatic heterocycles. The second-order valence-electron chi connectivity index (χ2n) is 9.53. The lowest BCUT2D eigenvalue weighted by Gasteiger charge is -2.39. The number of aromatic nitrogens is 2. The highest BCUT2D eigenvalue weighted by Gasteiger charge is 2.37. The van der Waals surface area contributed by atoms with Crippen LogP contribution >= 0.6 is 22.9 Å². The molecule has 0 aliphatic carbocycles. The number of hydrogen-bond acceptors (Lipinski definition) is 8. The number of thiophene rings is 1. The highest BCUT2D eigenvalue weighted by molar-refractivity contribution is 7.92. The quantitative estimate of drug-likeness (QED) is 0.484. The van der Waals surface area contributed by atoms with Crippen molar-refractivity contribution in [2.24, 2.45) is 0 Å². The van der Waals surface area contributed by atoms with Gasteiger partial charge < -0.3 is 14.7 Å². The Balaban J connectivity index is 1.59. The zero-order valence-electron chi connectivity index (χ0n) is 20.5. The van der Waals surface area contributed by atoms with Crippen molar-refractivity contribution in [1.82, 2.24) is 18.8 Å². The molecule has 0 spiro atoms. The normalized spacial score (nSPS) is 17.7. The molecule has 13 heteroatoms. The molecule has 1 fully saturated rings.